The van der Waals surface area contributed by atoms with Crippen LogP contribution in [0.1, 0.15) is 33.8 Å². The number of piperidine rings is 1. The number of fused-ring (bicyclic) bond motifs is 3. The fourth-order valence-electron chi connectivity index (χ4n) is 4.36. The zero-order valence-electron chi connectivity index (χ0n) is 14.8. The van der Waals surface area contributed by atoms with Gasteiger partial charge in [0.15, 0.2) is 5.69 Å². The quantitative estimate of drug-likeness (QED) is 0.663. The molecule has 0 N–H and O–H groups in total. The highest BCUT2D eigenvalue weighted by molar-refractivity contribution is 7.10. The molecule has 0 atom stereocenters. The maximum Gasteiger partial charge on any atom is 0.275 e. The minimum atomic E-state index is -0.198. The third-order valence-corrected chi connectivity index (χ3v) is 6.74. The van der Waals surface area contributed by atoms with Gasteiger partial charge < -0.3 is 9.64 Å². The lowest BCUT2D eigenvalue weighted by Gasteiger charge is -2.43. The number of thiophene rings is 1. The predicted molar refractivity (Wildman–Crippen MR) is 102 cm³/mol. The van der Waals surface area contributed by atoms with Crippen LogP contribution in [0.4, 0.5) is 0 Å². The lowest BCUT2D eigenvalue weighted by molar-refractivity contribution is -0.0926. The third kappa shape index (κ3) is 2.32. The molecule has 0 radical (unpaired) electrons. The van der Waals surface area contributed by atoms with Gasteiger partial charge >= 0.3 is 0 Å². The Morgan fingerprint density at radius 3 is 2.88 bits per heavy atom. The van der Waals surface area contributed by atoms with Crippen molar-refractivity contribution in [2.75, 3.05) is 19.7 Å². The molecule has 1 spiro atoms. The van der Waals surface area contributed by atoms with Crippen LogP contribution in [0.3, 0.4) is 0 Å². The lowest BCUT2D eigenvalue weighted by atomic mass is 9.82. The highest BCUT2D eigenvalue weighted by Crippen LogP contribution is 2.43. The molecule has 3 aromatic rings. The van der Waals surface area contributed by atoms with E-state index in [2.05, 4.69) is 16.5 Å². The van der Waals surface area contributed by atoms with E-state index in [1.807, 2.05) is 47.5 Å². The largest absolute Gasteiger partial charge is 0.370 e. The summed E-state index contributed by atoms with van der Waals surface area (Å²) in [5.74, 6) is 0.0259. The topological polar surface area (TPSA) is 47.4 Å². The molecule has 6 heteroatoms. The number of amides is 1. The predicted octanol–water partition coefficient (Wildman–Crippen LogP) is 3.34. The Hall–Kier alpha value is -2.18. The van der Waals surface area contributed by atoms with E-state index in [1.165, 1.54) is 10.4 Å². The fraction of sp³-hybridized carbons (Fsp3) is 0.400. The lowest BCUT2D eigenvalue weighted by Crippen LogP contribution is -2.48. The Labute approximate surface area is 156 Å². The van der Waals surface area contributed by atoms with Crippen molar-refractivity contribution >= 4 is 28.1 Å². The molecule has 0 aliphatic carbocycles. The van der Waals surface area contributed by atoms with E-state index in [-0.39, 0.29) is 11.5 Å². The van der Waals surface area contributed by atoms with Crippen molar-refractivity contribution in [3.05, 3.63) is 51.8 Å². The molecule has 2 aliphatic heterocycles. The van der Waals surface area contributed by atoms with Crippen LogP contribution in [0, 0.1) is 0 Å². The zero-order chi connectivity index (χ0) is 17.7. The first kappa shape index (κ1) is 16.0. The monoisotopic (exact) mass is 367 g/mol. The molecule has 134 valence electrons. The van der Waals surface area contributed by atoms with Gasteiger partial charge in [0.1, 0.15) is 0 Å². The Morgan fingerprint density at radius 1 is 1.23 bits per heavy atom. The summed E-state index contributed by atoms with van der Waals surface area (Å²) in [6, 6.07) is 10.1. The summed E-state index contributed by atoms with van der Waals surface area (Å²) < 4.78 is 8.04. The molecular weight excluding hydrogens is 346 g/mol. The number of hydrogen-bond donors (Lipinski definition) is 0. The van der Waals surface area contributed by atoms with Crippen LogP contribution in [0.15, 0.2) is 35.7 Å². The molecule has 0 unspecified atom stereocenters. The van der Waals surface area contributed by atoms with E-state index in [1.54, 1.807) is 4.68 Å². The first-order valence-electron chi connectivity index (χ1n) is 9.10. The summed E-state index contributed by atoms with van der Waals surface area (Å²) in [5.41, 5.74) is 2.70. The standard InChI is InChI=1S/C20H21N3O2S/c1-22-16-5-3-2-4-14(16)18(21-22)19(24)23-10-8-20(9-11-23)15-7-13-26-17(15)6-12-25-20/h2-5,7,13H,6,8-12H2,1H3. The second kappa shape index (κ2) is 5.93. The number of ether oxygens (including phenoxy) is 1. The van der Waals surface area contributed by atoms with Crippen molar-refractivity contribution in [1.29, 1.82) is 0 Å². The van der Waals surface area contributed by atoms with Crippen molar-refractivity contribution in [2.45, 2.75) is 24.9 Å². The molecule has 2 aromatic heterocycles. The van der Waals surface area contributed by atoms with Crippen molar-refractivity contribution in [3.8, 4) is 0 Å². The number of likely N-dealkylation sites (tertiary alicyclic amines) is 1. The normalized spacial score (nSPS) is 19.0. The van der Waals surface area contributed by atoms with Gasteiger partial charge in [-0.2, -0.15) is 5.10 Å². The number of nitrogens with zero attached hydrogens (tertiary/aromatic N) is 3. The van der Waals surface area contributed by atoms with E-state index in [4.69, 9.17) is 4.74 Å². The van der Waals surface area contributed by atoms with Crippen molar-refractivity contribution < 1.29 is 9.53 Å². The molecule has 1 saturated heterocycles. The molecule has 5 rings (SSSR count). The smallest absolute Gasteiger partial charge is 0.275 e. The maximum atomic E-state index is 13.1. The Balaban J connectivity index is 1.40. The fourth-order valence-corrected chi connectivity index (χ4v) is 5.31. The van der Waals surface area contributed by atoms with E-state index in [0.717, 1.165) is 36.8 Å². The summed E-state index contributed by atoms with van der Waals surface area (Å²) >= 11 is 1.83. The summed E-state index contributed by atoms with van der Waals surface area (Å²) in [4.78, 5) is 16.5. The molecule has 1 fully saturated rings. The van der Waals surface area contributed by atoms with Crippen LogP contribution >= 0.6 is 11.3 Å². The second-order valence-corrected chi connectivity index (χ2v) is 8.13. The Kier molecular flexibility index (Phi) is 3.65. The molecule has 1 aromatic carbocycles. The van der Waals surface area contributed by atoms with Gasteiger partial charge in [0.2, 0.25) is 0 Å². The van der Waals surface area contributed by atoms with E-state index in [0.29, 0.717) is 18.8 Å². The molecular formula is C20H21N3O2S. The van der Waals surface area contributed by atoms with E-state index < -0.39 is 0 Å². The van der Waals surface area contributed by atoms with E-state index >= 15 is 0 Å². The van der Waals surface area contributed by atoms with Crippen LogP contribution in [0.5, 0.6) is 0 Å². The van der Waals surface area contributed by atoms with Crippen LogP contribution in [0.25, 0.3) is 10.9 Å². The molecule has 0 saturated carbocycles. The van der Waals surface area contributed by atoms with Crippen molar-refractivity contribution in [1.82, 2.24) is 14.7 Å². The van der Waals surface area contributed by atoms with Gasteiger partial charge in [-0.3, -0.25) is 9.48 Å². The number of aryl methyl sites for hydroxylation is 1. The molecule has 0 bridgehead atoms. The zero-order valence-corrected chi connectivity index (χ0v) is 15.6. The average Bonchev–Trinajstić information content (AvgIpc) is 3.28. The molecule has 26 heavy (non-hydrogen) atoms. The number of para-hydroxylation sites is 1. The number of benzene rings is 1. The van der Waals surface area contributed by atoms with Gasteiger partial charge in [-0.15, -0.1) is 11.3 Å². The molecule has 2 aliphatic rings. The van der Waals surface area contributed by atoms with Crippen LogP contribution < -0.4 is 0 Å². The number of rotatable bonds is 1. The molecule has 4 heterocycles. The van der Waals surface area contributed by atoms with Gasteiger partial charge in [0.25, 0.3) is 5.91 Å². The second-order valence-electron chi connectivity index (χ2n) is 7.13. The summed E-state index contributed by atoms with van der Waals surface area (Å²) in [6.45, 7) is 2.20. The van der Waals surface area contributed by atoms with Crippen molar-refractivity contribution in [2.24, 2.45) is 7.05 Å². The van der Waals surface area contributed by atoms with Crippen LogP contribution in [0.2, 0.25) is 0 Å². The maximum absolute atomic E-state index is 13.1. The van der Waals surface area contributed by atoms with Crippen molar-refractivity contribution in [3.63, 3.8) is 0 Å². The van der Waals surface area contributed by atoms with Gasteiger partial charge in [-0.05, 0) is 35.9 Å². The van der Waals surface area contributed by atoms with Gasteiger partial charge in [0.05, 0.1) is 17.7 Å². The first-order valence-corrected chi connectivity index (χ1v) is 9.98. The van der Waals surface area contributed by atoms with Gasteiger partial charge in [-0.25, -0.2) is 0 Å². The Morgan fingerprint density at radius 2 is 2.04 bits per heavy atom. The highest BCUT2D eigenvalue weighted by Gasteiger charge is 2.42. The van der Waals surface area contributed by atoms with Gasteiger partial charge in [-0.1, -0.05) is 18.2 Å². The van der Waals surface area contributed by atoms with Crippen LogP contribution in [-0.2, 0) is 23.8 Å². The third-order valence-electron chi connectivity index (χ3n) is 5.76. The number of aromatic nitrogens is 2. The minimum Gasteiger partial charge on any atom is -0.370 e. The van der Waals surface area contributed by atoms with Crippen LogP contribution in [-0.4, -0.2) is 40.3 Å². The summed E-state index contributed by atoms with van der Waals surface area (Å²) in [7, 11) is 1.89. The summed E-state index contributed by atoms with van der Waals surface area (Å²) in [6.07, 6.45) is 2.72. The first-order chi connectivity index (χ1) is 12.7. The Bertz CT molecular complexity index is 982. The minimum absolute atomic E-state index is 0.0259. The molecule has 5 nitrogen and oxygen atoms in total. The van der Waals surface area contributed by atoms with E-state index in [9.17, 15) is 4.79 Å². The average molecular weight is 367 g/mol. The molecule has 1 amide bonds. The summed E-state index contributed by atoms with van der Waals surface area (Å²) in [5, 5.41) is 7.58. The SMILES string of the molecule is Cn1nc(C(=O)N2CCC3(CC2)OCCc2sccc23)c2ccccc21. The highest BCUT2D eigenvalue weighted by atomic mass is 32.1. The number of hydrogen-bond acceptors (Lipinski definition) is 4. The number of carbonyl (C=O) groups excluding carboxylic acids is 1. The van der Waals surface area contributed by atoms with Gasteiger partial charge in [0, 0.05) is 36.8 Å². The number of carbonyl (C=O) groups is 1.